The molecule has 0 radical (unpaired) electrons. The second-order valence-corrected chi connectivity index (χ2v) is 4.81. The van der Waals surface area contributed by atoms with Crippen LogP contribution in [0.15, 0.2) is 54.7 Å². The lowest BCUT2D eigenvalue weighted by molar-refractivity contribution is 0.415. The summed E-state index contributed by atoms with van der Waals surface area (Å²) < 4.78 is 7.50. The third kappa shape index (κ3) is 2.22. The fraction of sp³-hybridized carbons (Fsp3) is 0.176. The topological polar surface area (TPSA) is 14.2 Å². The largest absolute Gasteiger partial charge is 0.497 e. The Morgan fingerprint density at radius 3 is 2.58 bits per heavy atom. The van der Waals surface area contributed by atoms with Gasteiger partial charge in [-0.2, -0.15) is 0 Å². The predicted molar refractivity (Wildman–Crippen MR) is 78.7 cm³/mol. The van der Waals surface area contributed by atoms with Gasteiger partial charge in [0.1, 0.15) is 5.75 Å². The average molecular weight is 251 g/mol. The maximum Gasteiger partial charge on any atom is 0.119 e. The number of ether oxygens (including phenoxy) is 1. The van der Waals surface area contributed by atoms with Crippen molar-refractivity contribution in [3.63, 3.8) is 0 Å². The minimum Gasteiger partial charge on any atom is -0.497 e. The molecule has 0 saturated carbocycles. The summed E-state index contributed by atoms with van der Waals surface area (Å²) in [5.74, 6) is 0.910. The number of hydrogen-bond donors (Lipinski definition) is 0. The molecule has 0 spiro atoms. The highest BCUT2D eigenvalue weighted by atomic mass is 16.5. The van der Waals surface area contributed by atoms with Crippen LogP contribution in [0.1, 0.15) is 11.1 Å². The molecular formula is C17H17NO. The molecule has 0 N–H and O–H groups in total. The number of nitrogens with zero attached hydrogens (tertiary/aromatic N) is 1. The highest BCUT2D eigenvalue weighted by Crippen LogP contribution is 2.27. The van der Waals surface area contributed by atoms with Gasteiger partial charge in [-0.25, -0.2) is 0 Å². The molecule has 1 aromatic heterocycles. The summed E-state index contributed by atoms with van der Waals surface area (Å²) in [5.41, 5.74) is 3.91. The molecule has 0 bridgehead atoms. The molecule has 1 heterocycles. The molecule has 3 rings (SSSR count). The van der Waals surface area contributed by atoms with Crippen LogP contribution in [-0.2, 0) is 13.5 Å². The van der Waals surface area contributed by atoms with E-state index in [1.165, 1.54) is 22.0 Å². The number of benzene rings is 2. The SMILES string of the molecule is COc1ccc2c(c1)c(Cc1ccccc1)cn2C. The minimum atomic E-state index is 0.910. The lowest BCUT2D eigenvalue weighted by Crippen LogP contribution is -1.86. The van der Waals surface area contributed by atoms with Gasteiger partial charge >= 0.3 is 0 Å². The first kappa shape index (κ1) is 11.8. The monoisotopic (exact) mass is 251 g/mol. The van der Waals surface area contributed by atoms with Crippen molar-refractivity contribution in [3.05, 3.63) is 65.9 Å². The van der Waals surface area contributed by atoms with E-state index in [0.717, 1.165) is 12.2 Å². The van der Waals surface area contributed by atoms with Gasteiger partial charge in [0.15, 0.2) is 0 Å². The second kappa shape index (κ2) is 4.81. The van der Waals surface area contributed by atoms with E-state index in [4.69, 9.17) is 4.74 Å². The molecule has 0 atom stereocenters. The summed E-state index contributed by atoms with van der Waals surface area (Å²) in [6.07, 6.45) is 3.16. The Kier molecular flexibility index (Phi) is 3.00. The Balaban J connectivity index is 2.08. The molecule has 0 aliphatic rings. The van der Waals surface area contributed by atoms with Gasteiger partial charge in [0.05, 0.1) is 7.11 Å². The Labute approximate surface area is 113 Å². The van der Waals surface area contributed by atoms with Crippen molar-refractivity contribution in [2.75, 3.05) is 7.11 Å². The number of fused-ring (bicyclic) bond motifs is 1. The van der Waals surface area contributed by atoms with Gasteiger partial charge in [-0.15, -0.1) is 0 Å². The normalized spacial score (nSPS) is 10.8. The van der Waals surface area contributed by atoms with Gasteiger partial charge in [0, 0.05) is 24.1 Å². The van der Waals surface area contributed by atoms with Gasteiger partial charge in [-0.3, -0.25) is 0 Å². The first-order valence-electron chi connectivity index (χ1n) is 6.44. The van der Waals surface area contributed by atoms with Crippen molar-refractivity contribution in [2.24, 2.45) is 7.05 Å². The molecular weight excluding hydrogens is 234 g/mol. The van der Waals surface area contributed by atoms with Crippen molar-refractivity contribution in [2.45, 2.75) is 6.42 Å². The molecule has 0 aliphatic heterocycles. The van der Waals surface area contributed by atoms with Gasteiger partial charge in [0.2, 0.25) is 0 Å². The van der Waals surface area contributed by atoms with Crippen molar-refractivity contribution < 1.29 is 4.74 Å². The Morgan fingerprint density at radius 2 is 1.84 bits per heavy atom. The quantitative estimate of drug-likeness (QED) is 0.691. The van der Waals surface area contributed by atoms with Crippen molar-refractivity contribution in [3.8, 4) is 5.75 Å². The lowest BCUT2D eigenvalue weighted by atomic mass is 10.0. The summed E-state index contributed by atoms with van der Waals surface area (Å²) >= 11 is 0. The molecule has 2 nitrogen and oxygen atoms in total. The van der Waals surface area contributed by atoms with Crippen LogP contribution < -0.4 is 4.74 Å². The molecule has 3 aromatic rings. The van der Waals surface area contributed by atoms with Crippen LogP contribution in [-0.4, -0.2) is 11.7 Å². The molecule has 2 heteroatoms. The molecule has 0 amide bonds. The van der Waals surface area contributed by atoms with Crippen LogP contribution >= 0.6 is 0 Å². The molecule has 0 fully saturated rings. The summed E-state index contributed by atoms with van der Waals surface area (Å²) in [4.78, 5) is 0. The van der Waals surface area contributed by atoms with Crippen LogP contribution in [0.4, 0.5) is 0 Å². The third-order valence-electron chi connectivity index (χ3n) is 3.52. The Morgan fingerprint density at radius 1 is 1.05 bits per heavy atom. The number of methoxy groups -OCH3 is 1. The molecule has 0 aliphatic carbocycles. The van der Waals surface area contributed by atoms with E-state index in [9.17, 15) is 0 Å². The summed E-state index contributed by atoms with van der Waals surface area (Å²) in [6.45, 7) is 0. The van der Waals surface area contributed by atoms with Crippen molar-refractivity contribution >= 4 is 10.9 Å². The van der Waals surface area contributed by atoms with Gasteiger partial charge in [-0.1, -0.05) is 30.3 Å². The maximum absolute atomic E-state index is 5.33. The van der Waals surface area contributed by atoms with E-state index in [1.54, 1.807) is 7.11 Å². The van der Waals surface area contributed by atoms with Crippen LogP contribution in [0.5, 0.6) is 5.75 Å². The molecule has 19 heavy (non-hydrogen) atoms. The Bertz CT molecular complexity index is 698. The molecule has 0 saturated heterocycles. The Hall–Kier alpha value is -2.22. The highest BCUT2D eigenvalue weighted by molar-refractivity contribution is 5.85. The fourth-order valence-corrected chi connectivity index (χ4v) is 2.54. The number of hydrogen-bond acceptors (Lipinski definition) is 1. The van der Waals surface area contributed by atoms with Crippen LogP contribution in [0.25, 0.3) is 10.9 Å². The zero-order valence-corrected chi connectivity index (χ0v) is 11.3. The highest BCUT2D eigenvalue weighted by Gasteiger charge is 2.08. The van der Waals surface area contributed by atoms with E-state index in [2.05, 4.69) is 60.3 Å². The van der Waals surface area contributed by atoms with Gasteiger partial charge < -0.3 is 9.30 Å². The lowest BCUT2D eigenvalue weighted by Gasteiger charge is -2.02. The van der Waals surface area contributed by atoms with Crippen LogP contribution in [0, 0.1) is 0 Å². The number of aryl methyl sites for hydroxylation is 1. The van der Waals surface area contributed by atoms with Gasteiger partial charge in [0.25, 0.3) is 0 Å². The smallest absolute Gasteiger partial charge is 0.119 e. The number of aromatic nitrogens is 1. The first-order chi connectivity index (χ1) is 9.28. The summed E-state index contributed by atoms with van der Waals surface area (Å²) in [6, 6.07) is 16.8. The number of rotatable bonds is 3. The maximum atomic E-state index is 5.33. The minimum absolute atomic E-state index is 0.910. The van der Waals surface area contributed by atoms with E-state index in [0.29, 0.717) is 0 Å². The zero-order chi connectivity index (χ0) is 13.2. The summed E-state index contributed by atoms with van der Waals surface area (Å²) in [7, 11) is 3.80. The van der Waals surface area contributed by atoms with Crippen LogP contribution in [0.3, 0.4) is 0 Å². The van der Waals surface area contributed by atoms with E-state index < -0.39 is 0 Å². The van der Waals surface area contributed by atoms with Crippen LogP contribution in [0.2, 0.25) is 0 Å². The zero-order valence-electron chi connectivity index (χ0n) is 11.3. The third-order valence-corrected chi connectivity index (χ3v) is 3.52. The molecule has 2 aromatic carbocycles. The van der Waals surface area contributed by atoms with E-state index in [1.807, 2.05) is 6.07 Å². The average Bonchev–Trinajstić information content (AvgIpc) is 2.76. The summed E-state index contributed by atoms with van der Waals surface area (Å²) in [5, 5.41) is 1.27. The molecule has 96 valence electrons. The second-order valence-electron chi connectivity index (χ2n) is 4.81. The standard InChI is InChI=1S/C17H17NO/c1-18-12-14(10-13-6-4-3-5-7-13)16-11-15(19-2)8-9-17(16)18/h3-9,11-12H,10H2,1-2H3. The predicted octanol–water partition coefficient (Wildman–Crippen LogP) is 3.78. The van der Waals surface area contributed by atoms with Gasteiger partial charge in [-0.05, 0) is 35.7 Å². The first-order valence-corrected chi connectivity index (χ1v) is 6.44. The van der Waals surface area contributed by atoms with E-state index in [-0.39, 0.29) is 0 Å². The fourth-order valence-electron chi connectivity index (χ4n) is 2.54. The molecule has 0 unspecified atom stereocenters. The van der Waals surface area contributed by atoms with E-state index >= 15 is 0 Å². The van der Waals surface area contributed by atoms with Crippen molar-refractivity contribution in [1.29, 1.82) is 0 Å². The van der Waals surface area contributed by atoms with Crippen molar-refractivity contribution in [1.82, 2.24) is 4.57 Å².